The molecule has 1 saturated heterocycles. The van der Waals surface area contributed by atoms with Gasteiger partial charge in [0.2, 0.25) is 10.0 Å². The van der Waals surface area contributed by atoms with Gasteiger partial charge in [0.15, 0.2) is 10.4 Å². The first-order valence-corrected chi connectivity index (χ1v) is 8.35. The van der Waals surface area contributed by atoms with Crippen LogP contribution in [0.1, 0.15) is 36.2 Å². The lowest BCUT2D eigenvalue weighted by Crippen LogP contribution is -2.31. The molecule has 0 unspecified atom stereocenters. The zero-order valence-corrected chi connectivity index (χ0v) is 12.7. The fraction of sp³-hybridized carbons (Fsp3) is 0.545. The number of carbonyl (C=O) groups is 1. The molecule has 106 valence electrons. The number of primary sulfonamides is 1. The van der Waals surface area contributed by atoms with Crippen molar-refractivity contribution < 1.29 is 17.6 Å². The first-order valence-electron chi connectivity index (χ1n) is 6.01. The highest BCUT2D eigenvalue weighted by Gasteiger charge is 2.25. The van der Waals surface area contributed by atoms with Gasteiger partial charge in [-0.3, -0.25) is 4.79 Å². The Morgan fingerprint density at radius 3 is 2.32 bits per heavy atom. The van der Waals surface area contributed by atoms with E-state index in [1.807, 2.05) is 0 Å². The van der Waals surface area contributed by atoms with Crippen molar-refractivity contribution >= 4 is 31.9 Å². The number of halogens is 1. The van der Waals surface area contributed by atoms with Crippen LogP contribution in [0.15, 0.2) is 20.0 Å². The Balaban J connectivity index is 2.24. The van der Waals surface area contributed by atoms with Crippen molar-refractivity contribution in [3.8, 4) is 0 Å². The number of likely N-dealkylation sites (tertiary alicyclic amines) is 1. The van der Waals surface area contributed by atoms with E-state index in [1.54, 1.807) is 4.90 Å². The van der Waals surface area contributed by atoms with Crippen LogP contribution in [-0.2, 0) is 10.0 Å². The van der Waals surface area contributed by atoms with E-state index in [4.69, 9.17) is 9.56 Å². The number of hydrogen-bond acceptors (Lipinski definition) is 4. The third kappa shape index (κ3) is 3.37. The highest BCUT2D eigenvalue weighted by atomic mass is 79.9. The van der Waals surface area contributed by atoms with Crippen LogP contribution in [0.25, 0.3) is 0 Å². The van der Waals surface area contributed by atoms with Gasteiger partial charge in [-0.2, -0.15) is 0 Å². The molecule has 1 aromatic rings. The largest absolute Gasteiger partial charge is 0.443 e. The monoisotopic (exact) mass is 350 g/mol. The van der Waals surface area contributed by atoms with Crippen LogP contribution in [0.2, 0.25) is 0 Å². The molecule has 1 fully saturated rings. The summed E-state index contributed by atoms with van der Waals surface area (Å²) < 4.78 is 27.7. The normalized spacial score (nSPS) is 17.3. The number of amides is 1. The Morgan fingerprint density at radius 1 is 1.26 bits per heavy atom. The molecule has 2 rings (SSSR count). The zero-order valence-electron chi connectivity index (χ0n) is 10.3. The Morgan fingerprint density at radius 2 is 1.84 bits per heavy atom. The molecule has 19 heavy (non-hydrogen) atoms. The van der Waals surface area contributed by atoms with Crippen LogP contribution in [0.3, 0.4) is 0 Å². The number of carbonyl (C=O) groups excluding carboxylic acids is 1. The summed E-state index contributed by atoms with van der Waals surface area (Å²) in [5.74, 6) is -0.296. The summed E-state index contributed by atoms with van der Waals surface area (Å²) in [7, 11) is -3.90. The number of nitrogens with zero attached hydrogens (tertiary/aromatic N) is 1. The molecule has 0 atom stereocenters. The van der Waals surface area contributed by atoms with Gasteiger partial charge >= 0.3 is 0 Å². The maximum Gasteiger partial charge on any atom is 0.289 e. The minimum absolute atomic E-state index is 0.00204. The average molecular weight is 351 g/mol. The minimum atomic E-state index is -3.90. The molecule has 0 saturated carbocycles. The van der Waals surface area contributed by atoms with Crippen molar-refractivity contribution in [3.05, 3.63) is 16.5 Å². The molecule has 1 aliphatic rings. The number of furan rings is 1. The summed E-state index contributed by atoms with van der Waals surface area (Å²) in [5, 5.41) is 5.03. The van der Waals surface area contributed by atoms with Gasteiger partial charge in [0.1, 0.15) is 4.90 Å². The summed E-state index contributed by atoms with van der Waals surface area (Å²) in [5.41, 5.74) is 0. The van der Waals surface area contributed by atoms with Gasteiger partial charge in [-0.1, -0.05) is 12.8 Å². The number of hydrogen-bond donors (Lipinski definition) is 1. The van der Waals surface area contributed by atoms with Gasteiger partial charge in [-0.25, -0.2) is 13.6 Å². The summed E-state index contributed by atoms with van der Waals surface area (Å²) in [6, 6.07) is 1.17. The van der Waals surface area contributed by atoms with Crippen molar-refractivity contribution in [3.63, 3.8) is 0 Å². The lowest BCUT2D eigenvalue weighted by Gasteiger charge is -2.18. The van der Waals surface area contributed by atoms with Crippen LogP contribution >= 0.6 is 15.9 Å². The Hall–Kier alpha value is -0.860. The second-order valence-electron chi connectivity index (χ2n) is 4.50. The summed E-state index contributed by atoms with van der Waals surface area (Å²) in [4.78, 5) is 13.7. The quantitative estimate of drug-likeness (QED) is 0.878. The smallest absolute Gasteiger partial charge is 0.289 e. The predicted octanol–water partition coefficient (Wildman–Crippen LogP) is 1.71. The van der Waals surface area contributed by atoms with Gasteiger partial charge < -0.3 is 9.32 Å². The Kier molecular flexibility index (Phi) is 4.32. The van der Waals surface area contributed by atoms with E-state index < -0.39 is 10.0 Å². The van der Waals surface area contributed by atoms with Crippen molar-refractivity contribution in [2.75, 3.05) is 13.1 Å². The topological polar surface area (TPSA) is 93.6 Å². The standard InChI is InChI=1S/C11H15BrN2O4S/c12-10-9(19(13,16)17)7-8(18-10)11(15)14-5-3-1-2-4-6-14/h7H,1-6H2,(H2,13,16,17). The highest BCUT2D eigenvalue weighted by molar-refractivity contribution is 9.10. The number of rotatable bonds is 2. The molecule has 6 nitrogen and oxygen atoms in total. The fourth-order valence-corrected chi connectivity index (χ4v) is 3.58. The van der Waals surface area contributed by atoms with Crippen LogP contribution in [-0.4, -0.2) is 32.3 Å². The summed E-state index contributed by atoms with van der Waals surface area (Å²) >= 11 is 2.96. The number of nitrogens with two attached hydrogens (primary N) is 1. The van der Waals surface area contributed by atoms with E-state index in [1.165, 1.54) is 6.07 Å². The molecule has 2 heterocycles. The van der Waals surface area contributed by atoms with Crippen LogP contribution in [0, 0.1) is 0 Å². The molecule has 0 aromatic carbocycles. The third-order valence-corrected chi connectivity index (χ3v) is 4.83. The van der Waals surface area contributed by atoms with Gasteiger partial charge in [0.25, 0.3) is 5.91 Å². The maximum atomic E-state index is 12.2. The van der Waals surface area contributed by atoms with Crippen molar-refractivity contribution in [2.45, 2.75) is 30.6 Å². The molecule has 0 aliphatic carbocycles. The van der Waals surface area contributed by atoms with E-state index >= 15 is 0 Å². The van der Waals surface area contributed by atoms with Crippen LogP contribution < -0.4 is 5.14 Å². The van der Waals surface area contributed by atoms with Crippen molar-refractivity contribution in [1.82, 2.24) is 4.90 Å². The van der Waals surface area contributed by atoms with Crippen molar-refractivity contribution in [1.29, 1.82) is 0 Å². The minimum Gasteiger partial charge on any atom is -0.443 e. The van der Waals surface area contributed by atoms with E-state index in [-0.39, 0.29) is 21.2 Å². The van der Waals surface area contributed by atoms with E-state index in [2.05, 4.69) is 15.9 Å². The SMILES string of the molecule is NS(=O)(=O)c1cc(C(=O)N2CCCCCC2)oc1Br. The molecule has 1 aliphatic heterocycles. The molecular weight excluding hydrogens is 336 g/mol. The Bertz CT molecular complexity index is 574. The van der Waals surface area contributed by atoms with Gasteiger partial charge in [-0.15, -0.1) is 0 Å². The van der Waals surface area contributed by atoms with Crippen LogP contribution in [0.5, 0.6) is 0 Å². The molecule has 8 heteroatoms. The average Bonchev–Trinajstić information content (AvgIpc) is 2.57. The van der Waals surface area contributed by atoms with Gasteiger partial charge in [0, 0.05) is 19.2 Å². The fourth-order valence-electron chi connectivity index (χ4n) is 2.08. The molecule has 0 bridgehead atoms. The molecule has 2 N–H and O–H groups in total. The maximum absolute atomic E-state index is 12.2. The zero-order chi connectivity index (χ0) is 14.0. The molecular formula is C11H15BrN2O4S. The van der Waals surface area contributed by atoms with Crippen molar-refractivity contribution in [2.24, 2.45) is 5.14 Å². The second kappa shape index (κ2) is 5.64. The highest BCUT2D eigenvalue weighted by Crippen LogP contribution is 2.26. The number of sulfonamides is 1. The molecule has 1 amide bonds. The summed E-state index contributed by atoms with van der Waals surface area (Å²) in [6.45, 7) is 1.34. The predicted molar refractivity (Wildman–Crippen MR) is 72.2 cm³/mol. The summed E-state index contributed by atoms with van der Waals surface area (Å²) in [6.07, 6.45) is 4.12. The first kappa shape index (κ1) is 14.5. The first-order chi connectivity index (χ1) is 8.89. The Labute approximate surface area is 120 Å². The third-order valence-electron chi connectivity index (χ3n) is 3.07. The lowest BCUT2D eigenvalue weighted by molar-refractivity contribution is 0.0728. The second-order valence-corrected chi connectivity index (χ2v) is 6.75. The van der Waals surface area contributed by atoms with E-state index in [0.717, 1.165) is 25.7 Å². The van der Waals surface area contributed by atoms with E-state index in [9.17, 15) is 13.2 Å². The van der Waals surface area contributed by atoms with E-state index in [0.29, 0.717) is 13.1 Å². The molecule has 0 radical (unpaired) electrons. The van der Waals surface area contributed by atoms with Gasteiger partial charge in [0.05, 0.1) is 0 Å². The molecule has 1 aromatic heterocycles. The lowest BCUT2D eigenvalue weighted by atomic mass is 10.2. The molecule has 0 spiro atoms. The van der Waals surface area contributed by atoms with Gasteiger partial charge in [-0.05, 0) is 28.8 Å². The van der Waals surface area contributed by atoms with Crippen LogP contribution in [0.4, 0.5) is 0 Å².